The van der Waals surface area contributed by atoms with E-state index in [1.54, 1.807) is 6.08 Å². The smallest absolute Gasteiger partial charge is 0.220 e. The van der Waals surface area contributed by atoms with E-state index in [1.165, 1.54) is 225 Å². The summed E-state index contributed by atoms with van der Waals surface area (Å²) >= 11 is 0. The first-order valence-electron chi connectivity index (χ1n) is 23.9. The first-order valence-corrected chi connectivity index (χ1v) is 23.9. The van der Waals surface area contributed by atoms with Crippen LogP contribution in [0.1, 0.15) is 271 Å². The van der Waals surface area contributed by atoms with Gasteiger partial charge < -0.3 is 15.5 Å². The highest BCUT2D eigenvalue weighted by Crippen LogP contribution is 2.17. The van der Waals surface area contributed by atoms with E-state index in [9.17, 15) is 15.0 Å². The van der Waals surface area contributed by atoms with Gasteiger partial charge >= 0.3 is 0 Å². The minimum atomic E-state index is -0.832. The highest BCUT2D eigenvalue weighted by Gasteiger charge is 2.18. The number of carbonyl (C=O) groups excluding carboxylic acids is 1. The summed E-state index contributed by atoms with van der Waals surface area (Å²) in [5.41, 5.74) is 0. The lowest BCUT2D eigenvalue weighted by atomic mass is 10.0. The number of nitrogens with one attached hydrogen (secondary N) is 1. The summed E-state index contributed by atoms with van der Waals surface area (Å²) in [6.07, 6.45) is 56.5. The molecule has 0 spiro atoms. The van der Waals surface area contributed by atoms with Crippen molar-refractivity contribution in [3.8, 4) is 0 Å². The number of carbonyl (C=O) groups is 1. The van der Waals surface area contributed by atoms with E-state index in [2.05, 4.69) is 19.2 Å². The second kappa shape index (κ2) is 44.5. The number of rotatable bonds is 44. The van der Waals surface area contributed by atoms with Gasteiger partial charge in [-0.3, -0.25) is 4.79 Å². The van der Waals surface area contributed by atoms with Gasteiger partial charge in [0.1, 0.15) is 0 Å². The van der Waals surface area contributed by atoms with Crippen LogP contribution in [0.25, 0.3) is 0 Å². The monoisotopic (exact) mass is 734 g/mol. The zero-order chi connectivity index (χ0) is 37.8. The molecule has 0 aromatic carbocycles. The summed E-state index contributed by atoms with van der Waals surface area (Å²) in [6.45, 7) is 4.30. The van der Waals surface area contributed by atoms with Crippen molar-refractivity contribution in [1.82, 2.24) is 5.32 Å². The molecular formula is C48H95NO3. The van der Waals surface area contributed by atoms with Gasteiger partial charge in [-0.15, -0.1) is 0 Å². The Labute approximate surface area is 327 Å². The van der Waals surface area contributed by atoms with Crippen LogP contribution in [0.15, 0.2) is 12.2 Å². The lowest BCUT2D eigenvalue weighted by Gasteiger charge is -2.20. The molecule has 0 fully saturated rings. The van der Waals surface area contributed by atoms with Crippen molar-refractivity contribution in [2.24, 2.45) is 0 Å². The maximum atomic E-state index is 12.3. The van der Waals surface area contributed by atoms with E-state index >= 15 is 0 Å². The zero-order valence-corrected chi connectivity index (χ0v) is 35.6. The molecule has 4 nitrogen and oxygen atoms in total. The molecule has 2 atom stereocenters. The summed E-state index contributed by atoms with van der Waals surface area (Å²) in [5.74, 6) is -0.0611. The molecule has 0 radical (unpaired) electrons. The molecule has 0 aliphatic carbocycles. The van der Waals surface area contributed by atoms with Crippen LogP contribution in [0.2, 0.25) is 0 Å². The fourth-order valence-corrected chi connectivity index (χ4v) is 7.59. The van der Waals surface area contributed by atoms with Gasteiger partial charge in [0.25, 0.3) is 0 Å². The molecule has 0 rings (SSSR count). The number of amides is 1. The predicted octanol–water partition coefficient (Wildman–Crippen LogP) is 15.0. The Kier molecular flexibility index (Phi) is 43.8. The molecule has 0 aliphatic heterocycles. The maximum absolute atomic E-state index is 12.3. The molecule has 0 aromatic heterocycles. The van der Waals surface area contributed by atoms with Crippen LogP contribution in [0.5, 0.6) is 0 Å². The lowest BCUT2D eigenvalue weighted by Crippen LogP contribution is -2.45. The molecule has 3 N–H and O–H groups in total. The Bertz CT molecular complexity index is 710. The quantitative estimate of drug-likeness (QED) is 0.0431. The van der Waals surface area contributed by atoms with Crippen molar-refractivity contribution in [3.05, 3.63) is 12.2 Å². The average molecular weight is 734 g/mol. The van der Waals surface area contributed by atoms with Gasteiger partial charge in [-0.2, -0.15) is 0 Å². The number of allylic oxidation sites excluding steroid dienone is 1. The van der Waals surface area contributed by atoms with Gasteiger partial charge in [0.15, 0.2) is 0 Å². The lowest BCUT2D eigenvalue weighted by molar-refractivity contribution is -0.123. The first-order chi connectivity index (χ1) is 25.7. The summed E-state index contributed by atoms with van der Waals surface area (Å²) in [7, 11) is 0. The third-order valence-corrected chi connectivity index (χ3v) is 11.3. The van der Waals surface area contributed by atoms with E-state index in [4.69, 9.17) is 0 Å². The summed E-state index contributed by atoms with van der Waals surface area (Å²) in [4.78, 5) is 12.3. The molecule has 0 saturated carbocycles. The van der Waals surface area contributed by atoms with Crippen LogP contribution in [0, 0.1) is 0 Å². The highest BCUT2D eigenvalue weighted by atomic mass is 16.3. The van der Waals surface area contributed by atoms with Gasteiger partial charge in [-0.25, -0.2) is 0 Å². The van der Waals surface area contributed by atoms with Crippen LogP contribution in [-0.4, -0.2) is 34.9 Å². The normalized spacial score (nSPS) is 12.9. The van der Waals surface area contributed by atoms with Crippen LogP contribution in [0.3, 0.4) is 0 Å². The second-order valence-corrected chi connectivity index (χ2v) is 16.5. The molecule has 4 heteroatoms. The topological polar surface area (TPSA) is 69.6 Å². The Morgan fingerprint density at radius 2 is 0.712 bits per heavy atom. The van der Waals surface area contributed by atoms with E-state index in [-0.39, 0.29) is 12.5 Å². The molecule has 0 aliphatic rings. The highest BCUT2D eigenvalue weighted by molar-refractivity contribution is 5.76. The van der Waals surface area contributed by atoms with Crippen molar-refractivity contribution >= 4 is 5.91 Å². The van der Waals surface area contributed by atoms with Gasteiger partial charge in [0, 0.05) is 6.42 Å². The molecule has 0 bridgehead atoms. The Morgan fingerprint density at radius 3 is 1.00 bits per heavy atom. The third-order valence-electron chi connectivity index (χ3n) is 11.3. The van der Waals surface area contributed by atoms with Gasteiger partial charge in [0.05, 0.1) is 18.8 Å². The number of aliphatic hydroxyl groups is 2. The standard InChI is InChI=1S/C48H95NO3/c1-3-5-7-9-11-13-14-15-16-17-18-19-20-21-22-23-24-25-26-27-28-29-30-31-32-33-34-36-38-40-42-44-48(52)49-46(45-50)47(51)43-41-39-37-35-12-10-8-6-4-2/h41,43,46-47,50-51H,3-40,42,44-45H2,1-2H3,(H,49,52)/b43-41+. The first kappa shape index (κ1) is 51.1. The molecule has 1 amide bonds. The molecule has 310 valence electrons. The van der Waals surface area contributed by atoms with Crippen LogP contribution in [-0.2, 0) is 4.79 Å². The van der Waals surface area contributed by atoms with Crippen LogP contribution >= 0.6 is 0 Å². The average Bonchev–Trinajstić information content (AvgIpc) is 3.15. The summed E-state index contributed by atoms with van der Waals surface area (Å²) in [6, 6.07) is -0.615. The minimum absolute atomic E-state index is 0.0611. The van der Waals surface area contributed by atoms with Crippen molar-refractivity contribution in [3.63, 3.8) is 0 Å². The zero-order valence-electron chi connectivity index (χ0n) is 35.6. The van der Waals surface area contributed by atoms with Crippen molar-refractivity contribution in [1.29, 1.82) is 0 Å². The fourth-order valence-electron chi connectivity index (χ4n) is 7.59. The molecule has 0 heterocycles. The number of hydrogen-bond acceptors (Lipinski definition) is 3. The predicted molar refractivity (Wildman–Crippen MR) is 230 cm³/mol. The SMILES string of the molecule is CCCCCCCCC/C=C/C(O)C(CO)NC(=O)CCCCCCCCCCCCCCCCCCCCCCCCCCCCCCCCC. The molecular weight excluding hydrogens is 639 g/mol. The van der Waals surface area contributed by atoms with E-state index < -0.39 is 12.1 Å². The Hall–Kier alpha value is -0.870. The maximum Gasteiger partial charge on any atom is 0.220 e. The van der Waals surface area contributed by atoms with Crippen LogP contribution in [0.4, 0.5) is 0 Å². The molecule has 2 unspecified atom stereocenters. The summed E-state index contributed by atoms with van der Waals surface area (Å²) < 4.78 is 0. The van der Waals surface area contributed by atoms with E-state index in [0.717, 1.165) is 25.7 Å². The van der Waals surface area contributed by atoms with Crippen molar-refractivity contribution in [2.45, 2.75) is 283 Å². The second-order valence-electron chi connectivity index (χ2n) is 16.5. The van der Waals surface area contributed by atoms with E-state index in [0.29, 0.717) is 6.42 Å². The number of hydrogen-bond donors (Lipinski definition) is 3. The Morgan fingerprint density at radius 1 is 0.442 bits per heavy atom. The molecule has 52 heavy (non-hydrogen) atoms. The number of aliphatic hydroxyl groups excluding tert-OH is 2. The van der Waals surface area contributed by atoms with Crippen LogP contribution < -0.4 is 5.32 Å². The fraction of sp³-hybridized carbons (Fsp3) is 0.938. The summed E-state index contributed by atoms with van der Waals surface area (Å²) in [5, 5.41) is 22.9. The van der Waals surface area contributed by atoms with Crippen molar-refractivity contribution in [2.75, 3.05) is 6.61 Å². The third kappa shape index (κ3) is 40.3. The van der Waals surface area contributed by atoms with Crippen molar-refractivity contribution < 1.29 is 15.0 Å². The largest absolute Gasteiger partial charge is 0.394 e. The Balaban J connectivity index is 3.36. The number of unbranched alkanes of at least 4 members (excludes halogenated alkanes) is 37. The minimum Gasteiger partial charge on any atom is -0.394 e. The van der Waals surface area contributed by atoms with Gasteiger partial charge in [-0.1, -0.05) is 257 Å². The van der Waals surface area contributed by atoms with E-state index in [1.807, 2.05) is 6.08 Å². The van der Waals surface area contributed by atoms with Gasteiger partial charge in [0.2, 0.25) is 5.91 Å². The van der Waals surface area contributed by atoms with Gasteiger partial charge in [-0.05, 0) is 19.3 Å². The molecule has 0 saturated heterocycles. The molecule has 0 aromatic rings.